The first-order valence-corrected chi connectivity index (χ1v) is 9.19. The van der Waals surface area contributed by atoms with Gasteiger partial charge in [-0.15, -0.1) is 11.3 Å². The van der Waals surface area contributed by atoms with Gasteiger partial charge in [-0.3, -0.25) is 0 Å². The Morgan fingerprint density at radius 3 is 2.70 bits per heavy atom. The summed E-state index contributed by atoms with van der Waals surface area (Å²) in [5.74, 6) is -0.400. The lowest BCUT2D eigenvalue weighted by Crippen LogP contribution is -2.04. The molecular weight excluding hydrogens is 358 g/mol. The fourth-order valence-electron chi connectivity index (χ4n) is 2.86. The van der Waals surface area contributed by atoms with Crippen LogP contribution in [0.5, 0.6) is 0 Å². The molecule has 4 rings (SSSR count). The predicted octanol–water partition coefficient (Wildman–Crippen LogP) is 4.62. The normalized spacial score (nSPS) is 10.7. The number of ether oxygens (including phenoxy) is 1. The molecule has 0 spiro atoms. The number of nitrogens with zero attached hydrogens (tertiary/aromatic N) is 3. The van der Waals surface area contributed by atoms with Crippen LogP contribution >= 0.6 is 11.3 Å². The van der Waals surface area contributed by atoms with E-state index in [0.717, 1.165) is 21.6 Å². The minimum absolute atomic E-state index is 0.0700. The first-order valence-electron chi connectivity index (χ1n) is 8.37. The summed E-state index contributed by atoms with van der Waals surface area (Å²) < 4.78 is 7.28. The number of benzene rings is 2. The standard InChI is InChI=1S/C21H15N3O2S/c1-14-18-11-19(21(25)26-13-16-8-6-5-7-15(16)12-22)27-20(18)24(23-14)17-9-3-2-4-10-17/h2-11H,13H2,1H3. The largest absolute Gasteiger partial charge is 0.457 e. The smallest absolute Gasteiger partial charge is 0.348 e. The van der Waals surface area contributed by atoms with Crippen molar-refractivity contribution in [3.8, 4) is 11.8 Å². The second-order valence-corrected chi connectivity index (χ2v) is 7.04. The topological polar surface area (TPSA) is 67.9 Å². The second-order valence-electron chi connectivity index (χ2n) is 6.01. The van der Waals surface area contributed by atoms with Crippen molar-refractivity contribution < 1.29 is 9.53 Å². The number of hydrogen-bond donors (Lipinski definition) is 0. The first kappa shape index (κ1) is 17.0. The highest BCUT2D eigenvalue weighted by Gasteiger charge is 2.18. The highest BCUT2D eigenvalue weighted by Crippen LogP contribution is 2.31. The third-order valence-electron chi connectivity index (χ3n) is 4.24. The molecule has 4 aromatic rings. The van der Waals surface area contributed by atoms with Crippen LogP contribution in [-0.4, -0.2) is 15.7 Å². The highest BCUT2D eigenvalue weighted by molar-refractivity contribution is 7.20. The molecule has 0 aliphatic carbocycles. The first-order chi connectivity index (χ1) is 13.2. The van der Waals surface area contributed by atoms with Crippen molar-refractivity contribution in [2.75, 3.05) is 0 Å². The van der Waals surface area contributed by atoms with Gasteiger partial charge in [-0.05, 0) is 31.2 Å². The second kappa shape index (κ2) is 7.06. The summed E-state index contributed by atoms with van der Waals surface area (Å²) in [4.78, 5) is 13.9. The van der Waals surface area contributed by atoms with Gasteiger partial charge < -0.3 is 4.74 Å². The van der Waals surface area contributed by atoms with Gasteiger partial charge in [0, 0.05) is 10.9 Å². The number of thiophene rings is 1. The maximum Gasteiger partial charge on any atom is 0.348 e. The number of rotatable bonds is 4. The lowest BCUT2D eigenvalue weighted by atomic mass is 10.1. The molecule has 0 saturated heterocycles. The van der Waals surface area contributed by atoms with E-state index in [-0.39, 0.29) is 6.61 Å². The van der Waals surface area contributed by atoms with Gasteiger partial charge in [0.2, 0.25) is 0 Å². The summed E-state index contributed by atoms with van der Waals surface area (Å²) in [6.45, 7) is 1.99. The summed E-state index contributed by atoms with van der Waals surface area (Å²) in [6, 6.07) is 20.8. The average molecular weight is 373 g/mol. The molecule has 2 aromatic heterocycles. The Hall–Kier alpha value is -3.43. The molecule has 0 atom stereocenters. The molecule has 0 fully saturated rings. The van der Waals surface area contributed by atoms with E-state index in [1.807, 2.05) is 54.1 Å². The third-order valence-corrected chi connectivity index (χ3v) is 5.33. The number of nitriles is 1. The van der Waals surface area contributed by atoms with Gasteiger partial charge in [0.1, 0.15) is 16.3 Å². The molecule has 6 heteroatoms. The zero-order valence-electron chi connectivity index (χ0n) is 14.5. The fourth-order valence-corrected chi connectivity index (χ4v) is 3.94. The number of fused-ring (bicyclic) bond motifs is 1. The lowest BCUT2D eigenvalue weighted by Gasteiger charge is -2.05. The zero-order chi connectivity index (χ0) is 18.8. The van der Waals surface area contributed by atoms with Crippen molar-refractivity contribution in [1.82, 2.24) is 9.78 Å². The van der Waals surface area contributed by atoms with Crippen molar-refractivity contribution in [2.45, 2.75) is 13.5 Å². The molecule has 0 bridgehead atoms. The van der Waals surface area contributed by atoms with Crippen LogP contribution in [0.3, 0.4) is 0 Å². The van der Waals surface area contributed by atoms with Crippen LogP contribution in [0.2, 0.25) is 0 Å². The van der Waals surface area contributed by atoms with Gasteiger partial charge in [-0.1, -0.05) is 36.4 Å². The molecule has 0 aliphatic rings. The summed E-state index contributed by atoms with van der Waals surface area (Å²) >= 11 is 1.35. The molecule has 0 saturated carbocycles. The van der Waals surface area contributed by atoms with E-state index in [4.69, 9.17) is 10.00 Å². The van der Waals surface area contributed by atoms with Crippen molar-refractivity contribution in [1.29, 1.82) is 5.26 Å². The van der Waals surface area contributed by atoms with E-state index < -0.39 is 5.97 Å². The van der Waals surface area contributed by atoms with Crippen molar-refractivity contribution in [2.24, 2.45) is 0 Å². The van der Waals surface area contributed by atoms with Crippen LogP contribution in [0.25, 0.3) is 15.9 Å². The average Bonchev–Trinajstić information content (AvgIpc) is 3.28. The van der Waals surface area contributed by atoms with Crippen LogP contribution in [0.4, 0.5) is 0 Å². The molecule has 2 aromatic carbocycles. The predicted molar refractivity (Wildman–Crippen MR) is 104 cm³/mol. The van der Waals surface area contributed by atoms with E-state index in [1.165, 1.54) is 11.3 Å². The van der Waals surface area contributed by atoms with Crippen LogP contribution in [-0.2, 0) is 11.3 Å². The Balaban J connectivity index is 1.61. The zero-order valence-corrected chi connectivity index (χ0v) is 15.4. The summed E-state index contributed by atoms with van der Waals surface area (Å²) in [5, 5.41) is 14.7. The number of para-hydroxylation sites is 1. The molecule has 0 radical (unpaired) electrons. The Labute approximate surface area is 160 Å². The molecule has 0 unspecified atom stereocenters. The van der Waals surface area contributed by atoms with E-state index in [9.17, 15) is 4.79 Å². The minimum atomic E-state index is -0.400. The molecule has 27 heavy (non-hydrogen) atoms. The number of carbonyl (C=O) groups excluding carboxylic acids is 1. The minimum Gasteiger partial charge on any atom is -0.457 e. The Morgan fingerprint density at radius 1 is 1.19 bits per heavy atom. The molecule has 0 amide bonds. The van der Waals surface area contributed by atoms with Gasteiger partial charge >= 0.3 is 5.97 Å². The van der Waals surface area contributed by atoms with Crippen LogP contribution in [0.15, 0.2) is 60.7 Å². The van der Waals surface area contributed by atoms with Crippen LogP contribution < -0.4 is 0 Å². The maximum atomic E-state index is 12.5. The lowest BCUT2D eigenvalue weighted by molar-refractivity contribution is 0.0478. The maximum absolute atomic E-state index is 12.5. The van der Waals surface area contributed by atoms with Crippen molar-refractivity contribution >= 4 is 27.5 Å². The van der Waals surface area contributed by atoms with Gasteiger partial charge in [-0.25, -0.2) is 9.48 Å². The van der Waals surface area contributed by atoms with E-state index >= 15 is 0 Å². The summed E-state index contributed by atoms with van der Waals surface area (Å²) in [7, 11) is 0. The van der Waals surface area contributed by atoms with Gasteiger partial charge in [0.05, 0.1) is 23.0 Å². The van der Waals surface area contributed by atoms with Gasteiger partial charge in [0.25, 0.3) is 0 Å². The number of carbonyl (C=O) groups is 1. The fraction of sp³-hybridized carbons (Fsp3) is 0.0952. The monoisotopic (exact) mass is 373 g/mol. The third kappa shape index (κ3) is 3.21. The Kier molecular flexibility index (Phi) is 4.45. The van der Waals surface area contributed by atoms with Crippen molar-refractivity contribution in [3.05, 3.63) is 82.4 Å². The van der Waals surface area contributed by atoms with E-state index in [1.54, 1.807) is 18.2 Å². The molecular formula is C21H15N3O2S. The quantitative estimate of drug-likeness (QED) is 0.489. The summed E-state index contributed by atoms with van der Waals surface area (Å²) in [5.41, 5.74) is 3.01. The van der Waals surface area contributed by atoms with Crippen LogP contribution in [0, 0.1) is 18.3 Å². The number of aryl methyl sites for hydroxylation is 1. The Morgan fingerprint density at radius 2 is 1.93 bits per heavy atom. The molecule has 0 aliphatic heterocycles. The van der Waals surface area contributed by atoms with Gasteiger partial charge in [0.15, 0.2) is 0 Å². The summed E-state index contributed by atoms with van der Waals surface area (Å²) in [6.07, 6.45) is 0. The highest BCUT2D eigenvalue weighted by atomic mass is 32.1. The van der Waals surface area contributed by atoms with Crippen molar-refractivity contribution in [3.63, 3.8) is 0 Å². The molecule has 0 N–H and O–H groups in total. The number of esters is 1. The Bertz CT molecular complexity index is 1170. The number of hydrogen-bond acceptors (Lipinski definition) is 5. The number of aromatic nitrogens is 2. The van der Waals surface area contributed by atoms with E-state index in [0.29, 0.717) is 16.0 Å². The van der Waals surface area contributed by atoms with E-state index in [2.05, 4.69) is 11.2 Å². The molecule has 2 heterocycles. The molecule has 132 valence electrons. The van der Waals surface area contributed by atoms with Gasteiger partial charge in [-0.2, -0.15) is 10.4 Å². The molecule has 5 nitrogen and oxygen atoms in total. The SMILES string of the molecule is Cc1nn(-c2ccccc2)c2sc(C(=O)OCc3ccccc3C#N)cc12. The van der Waals surface area contributed by atoms with Crippen LogP contribution in [0.1, 0.15) is 26.5 Å².